The number of benzene rings is 4. The van der Waals surface area contributed by atoms with Gasteiger partial charge in [-0.05, 0) is 137 Å². The van der Waals surface area contributed by atoms with Gasteiger partial charge < -0.3 is 48.5 Å². The zero-order valence-corrected chi connectivity index (χ0v) is 53.0. The molecule has 92 heavy (non-hydrogen) atoms. The summed E-state index contributed by atoms with van der Waals surface area (Å²) in [6, 6.07) is 30.4. The van der Waals surface area contributed by atoms with Gasteiger partial charge in [-0.25, -0.2) is 4.79 Å². The summed E-state index contributed by atoms with van der Waals surface area (Å²) in [5.74, 6) is -1.22. The van der Waals surface area contributed by atoms with E-state index in [1.807, 2.05) is 91.8 Å². The van der Waals surface area contributed by atoms with E-state index in [0.29, 0.717) is 95.0 Å². The number of piperidine rings is 2. The van der Waals surface area contributed by atoms with Gasteiger partial charge in [0.2, 0.25) is 11.8 Å². The fourth-order valence-electron chi connectivity index (χ4n) is 12.9. The SMILES string of the molecule is CN(CCCCCC(=O)N(C)CCN1CCC(OC(=O)Nc2ccccc2-c2ccccc2)CC1)Cc1ccc(C(=O)N(C)CCCN(C)C(=O)CO[C@H]2Cc3ccccc3C23CCN(CCC2CN(C(=O)c4cc(C(F)(F)F)cc(C(F)(F)F)c4)CO2)CC3)nc1. The molecule has 3 aliphatic heterocycles. The first kappa shape index (κ1) is 68.9. The largest absolute Gasteiger partial charge is 0.446 e. The minimum Gasteiger partial charge on any atom is -0.446 e. The molecule has 5 aromatic rings. The van der Waals surface area contributed by atoms with Gasteiger partial charge in [-0.3, -0.25) is 29.5 Å². The number of fused-ring (bicyclic) bond motifs is 2. The fraction of sp³-hybridized carbons (Fsp3) is 0.507. The molecule has 4 heterocycles. The smallest absolute Gasteiger partial charge is 0.416 e. The molecule has 23 heteroatoms. The quantitative estimate of drug-likeness (QED) is 0.0413. The van der Waals surface area contributed by atoms with Crippen LogP contribution in [0.4, 0.5) is 36.8 Å². The van der Waals surface area contributed by atoms with E-state index in [4.69, 9.17) is 14.2 Å². The van der Waals surface area contributed by atoms with Crippen molar-refractivity contribution in [2.24, 2.45) is 0 Å². The van der Waals surface area contributed by atoms with Gasteiger partial charge in [0.05, 0.1) is 29.0 Å². The summed E-state index contributed by atoms with van der Waals surface area (Å²) in [6.45, 7) is 6.98. The second kappa shape index (κ2) is 31.5. The van der Waals surface area contributed by atoms with E-state index in [1.165, 1.54) is 11.1 Å². The first-order valence-corrected chi connectivity index (χ1v) is 31.9. The monoisotopic (exact) mass is 1280 g/mol. The molecule has 17 nitrogen and oxygen atoms in total. The first-order chi connectivity index (χ1) is 44.0. The minimum atomic E-state index is -5.08. The van der Waals surface area contributed by atoms with Crippen LogP contribution in [0.3, 0.4) is 0 Å². The summed E-state index contributed by atoms with van der Waals surface area (Å²) in [6.07, 6.45) is -1.90. The van der Waals surface area contributed by atoms with E-state index < -0.39 is 47.1 Å². The van der Waals surface area contributed by atoms with E-state index >= 15 is 0 Å². The summed E-state index contributed by atoms with van der Waals surface area (Å²) < 4.78 is 99.1. The van der Waals surface area contributed by atoms with Gasteiger partial charge in [0.1, 0.15) is 25.1 Å². The van der Waals surface area contributed by atoms with Crippen molar-refractivity contribution in [3.05, 3.63) is 154 Å². The molecule has 1 spiro atoms. The summed E-state index contributed by atoms with van der Waals surface area (Å²) in [4.78, 5) is 83.4. The second-order valence-corrected chi connectivity index (χ2v) is 25.0. The highest BCUT2D eigenvalue weighted by atomic mass is 19.4. The van der Waals surface area contributed by atoms with Gasteiger partial charge in [0, 0.05) is 109 Å². The van der Waals surface area contributed by atoms with Crippen LogP contribution in [0.25, 0.3) is 11.1 Å². The van der Waals surface area contributed by atoms with Gasteiger partial charge in [-0.2, -0.15) is 26.3 Å². The van der Waals surface area contributed by atoms with Crippen molar-refractivity contribution < 1.29 is 64.5 Å². The van der Waals surface area contributed by atoms with Crippen molar-refractivity contribution in [1.29, 1.82) is 0 Å². The molecule has 4 aliphatic rings. The van der Waals surface area contributed by atoms with Crippen LogP contribution in [0.2, 0.25) is 0 Å². The number of anilines is 1. The number of amides is 5. The molecule has 9 rings (SSSR count). The number of hydrogen-bond acceptors (Lipinski definition) is 12. The van der Waals surface area contributed by atoms with Crippen molar-refractivity contribution in [2.75, 3.05) is 119 Å². The van der Waals surface area contributed by atoms with E-state index in [2.05, 4.69) is 37.1 Å². The lowest BCUT2D eigenvalue weighted by atomic mass is 9.72. The van der Waals surface area contributed by atoms with Crippen LogP contribution < -0.4 is 5.32 Å². The van der Waals surface area contributed by atoms with Gasteiger partial charge in [0.15, 0.2) is 0 Å². The number of likely N-dealkylation sites (N-methyl/N-ethyl adjacent to an activating group) is 2. The van der Waals surface area contributed by atoms with Crippen molar-refractivity contribution >= 4 is 35.4 Å². The number of pyridine rings is 1. The molecule has 496 valence electrons. The molecule has 1 aliphatic carbocycles. The molecule has 0 radical (unpaired) electrons. The zero-order chi connectivity index (χ0) is 65.6. The second-order valence-electron chi connectivity index (χ2n) is 25.0. The van der Waals surface area contributed by atoms with Crippen LogP contribution >= 0.6 is 0 Å². The Morgan fingerprint density at radius 3 is 2.07 bits per heavy atom. The molecule has 5 amide bonds. The predicted molar refractivity (Wildman–Crippen MR) is 336 cm³/mol. The summed E-state index contributed by atoms with van der Waals surface area (Å²) >= 11 is 0. The topological polar surface area (TPSA) is 161 Å². The first-order valence-electron chi connectivity index (χ1n) is 31.9. The van der Waals surface area contributed by atoms with Crippen LogP contribution in [0.5, 0.6) is 0 Å². The molecule has 3 fully saturated rings. The Bertz CT molecular complexity index is 3250. The standard InChI is InChI=1S/C69H85F6N9O8/c1-78(30-14-6-9-22-62(85)80(3)38-39-82-33-25-55(26-34-82)92-66(89)77-59-21-13-11-19-57(59)50-16-7-5-8-17-50)45-49-23-24-60(76-44-49)65(88)81(4)32-15-31-79(2)63(86)47-90-61-42-51-18-10-12-20-58(51)67(61)28-36-83(37-29-67)35-27-56-46-84(48-91-56)64(87)52-40-53(68(70,71)72)43-54(41-52)69(73,74)75/h5,7-8,10-13,16-21,23-24,40-41,43-44,55-56,61H,6,9,14-15,22,25-39,42,45-48H2,1-4H3,(H,77,89)/t56?,61-/m0/s1. The van der Waals surface area contributed by atoms with E-state index in [1.54, 1.807) is 36.2 Å². The number of ether oxygens (including phenoxy) is 3. The fourth-order valence-corrected chi connectivity index (χ4v) is 12.9. The van der Waals surface area contributed by atoms with Crippen LogP contribution in [-0.2, 0) is 54.5 Å². The van der Waals surface area contributed by atoms with Crippen molar-refractivity contribution in [2.45, 2.75) is 113 Å². The maximum atomic E-state index is 13.5. The van der Waals surface area contributed by atoms with E-state index in [9.17, 15) is 50.3 Å². The summed E-state index contributed by atoms with van der Waals surface area (Å²) in [5.41, 5.74) is 2.22. The number of alkyl halides is 6. The van der Waals surface area contributed by atoms with Crippen molar-refractivity contribution in [1.82, 2.24) is 39.3 Å². The highest BCUT2D eigenvalue weighted by Gasteiger charge is 2.49. The van der Waals surface area contributed by atoms with Crippen LogP contribution in [0.1, 0.15) is 113 Å². The molecule has 0 bridgehead atoms. The Hall–Kier alpha value is -7.44. The third-order valence-electron chi connectivity index (χ3n) is 18.4. The molecule has 1 unspecified atom stereocenters. The molecular weight excluding hydrogens is 1200 g/mol. The Morgan fingerprint density at radius 2 is 1.36 bits per heavy atom. The highest BCUT2D eigenvalue weighted by Crippen LogP contribution is 2.48. The Labute approximate surface area is 534 Å². The predicted octanol–water partition coefficient (Wildman–Crippen LogP) is 10.7. The molecule has 2 atom stereocenters. The third-order valence-corrected chi connectivity index (χ3v) is 18.4. The summed E-state index contributed by atoms with van der Waals surface area (Å²) in [5, 5.41) is 2.93. The summed E-state index contributed by atoms with van der Waals surface area (Å²) in [7, 11) is 7.35. The number of nitrogens with zero attached hydrogens (tertiary/aromatic N) is 8. The minimum absolute atomic E-state index is 0.000987. The molecular formula is C69H85F6N9O8. The van der Waals surface area contributed by atoms with Crippen LogP contribution in [0.15, 0.2) is 115 Å². The Kier molecular flexibility index (Phi) is 23.6. The number of aromatic nitrogens is 1. The molecule has 4 aromatic carbocycles. The molecule has 1 aromatic heterocycles. The van der Waals surface area contributed by atoms with Crippen LogP contribution in [-0.4, -0.2) is 201 Å². The van der Waals surface area contributed by atoms with Crippen molar-refractivity contribution in [3.8, 4) is 11.1 Å². The number of unbranched alkanes of at least 4 members (excludes halogenated alkanes) is 2. The number of carbonyl (C=O) groups is 5. The van der Waals surface area contributed by atoms with Crippen LogP contribution in [0, 0.1) is 0 Å². The number of halogens is 6. The number of likely N-dealkylation sites (tertiary alicyclic amines) is 2. The average Bonchev–Trinajstić information content (AvgIpc) is 1.60. The van der Waals surface area contributed by atoms with Gasteiger partial charge >= 0.3 is 18.4 Å². The number of hydrogen-bond donors (Lipinski definition) is 1. The molecule has 3 saturated heterocycles. The van der Waals surface area contributed by atoms with Gasteiger partial charge in [0.25, 0.3) is 11.8 Å². The Morgan fingerprint density at radius 1 is 0.696 bits per heavy atom. The van der Waals surface area contributed by atoms with Crippen molar-refractivity contribution in [3.63, 3.8) is 0 Å². The molecule has 1 N–H and O–H groups in total. The lowest BCUT2D eigenvalue weighted by Crippen LogP contribution is -2.49. The van der Waals surface area contributed by atoms with E-state index in [-0.39, 0.29) is 61.3 Å². The highest BCUT2D eigenvalue weighted by molar-refractivity contribution is 5.95. The normalized spacial score (nSPS) is 17.8. The average molecular weight is 1280 g/mol. The van der Waals surface area contributed by atoms with E-state index in [0.717, 1.165) is 92.7 Å². The number of para-hydroxylation sites is 1. The maximum Gasteiger partial charge on any atom is 0.416 e. The lowest BCUT2D eigenvalue weighted by Gasteiger charge is -2.43. The number of rotatable bonds is 26. The zero-order valence-electron chi connectivity index (χ0n) is 53.0. The number of carbonyl (C=O) groups excluding carboxylic acids is 5. The number of nitrogens with one attached hydrogen (secondary N) is 1. The maximum absolute atomic E-state index is 13.5. The van der Waals surface area contributed by atoms with Gasteiger partial charge in [-0.15, -0.1) is 0 Å². The molecule has 0 saturated carbocycles. The Balaban J connectivity index is 0.614. The third kappa shape index (κ3) is 18.4. The lowest BCUT2D eigenvalue weighted by molar-refractivity contribution is -0.143. The van der Waals surface area contributed by atoms with Gasteiger partial charge in [-0.1, -0.05) is 85.3 Å².